The molecule has 6 nitrogen and oxygen atoms in total. The van der Waals surface area contributed by atoms with E-state index in [0.29, 0.717) is 6.42 Å². The van der Waals surface area contributed by atoms with E-state index in [1.54, 1.807) is 13.0 Å². The number of rotatable bonds is 6. The number of aliphatic hydroxyl groups is 2. The van der Waals surface area contributed by atoms with Crippen LogP contribution in [0.5, 0.6) is 0 Å². The fourth-order valence-corrected chi connectivity index (χ4v) is 7.11. The lowest BCUT2D eigenvalue weighted by molar-refractivity contribution is -0.192. The zero-order valence-corrected chi connectivity index (χ0v) is 20.4. The molecule has 3 aliphatic rings. The number of hydrogen-bond acceptors (Lipinski definition) is 6. The van der Waals surface area contributed by atoms with Gasteiger partial charge in [0, 0.05) is 6.08 Å². The van der Waals surface area contributed by atoms with Crippen LogP contribution in [0, 0.1) is 22.7 Å². The van der Waals surface area contributed by atoms with Crippen molar-refractivity contribution in [1.29, 1.82) is 0 Å². The maximum absolute atomic E-state index is 12.8. The smallest absolute Gasteiger partial charge is 0.331 e. The van der Waals surface area contributed by atoms with Crippen LogP contribution in [0.4, 0.5) is 0 Å². The fraction of sp³-hybridized carbons (Fsp3) is 0.769. The number of hydrogen-bond donors (Lipinski definition) is 2. The maximum Gasteiger partial charge on any atom is 0.331 e. The van der Waals surface area contributed by atoms with Crippen LogP contribution in [-0.4, -0.2) is 47.1 Å². The van der Waals surface area contributed by atoms with Crippen molar-refractivity contribution in [3.05, 3.63) is 23.3 Å². The normalized spacial score (nSPS) is 40.9. The Hall–Kier alpha value is -1.66. The molecule has 1 aliphatic heterocycles. The molecule has 0 bridgehead atoms. The lowest BCUT2D eigenvalue weighted by atomic mass is 9.44. The van der Waals surface area contributed by atoms with Gasteiger partial charge in [-0.05, 0) is 89.0 Å². The summed E-state index contributed by atoms with van der Waals surface area (Å²) >= 11 is 0. The molecule has 0 amide bonds. The van der Waals surface area contributed by atoms with Crippen LogP contribution in [0.3, 0.4) is 0 Å². The number of carbonyl (C=O) groups is 2. The number of esters is 2. The minimum absolute atomic E-state index is 0.0319. The van der Waals surface area contributed by atoms with Gasteiger partial charge in [-0.15, -0.1) is 0 Å². The Kier molecular flexibility index (Phi) is 6.98. The SMILES string of the molecule is COC(=O)[C@]1(C)CCC[C@@]2(C)[C@H]1CC[C@@](C)(O)[C@@H]2CC/C(C)=C/[C@H](O)[C@H]1OC(=O)C=C1C. The van der Waals surface area contributed by atoms with E-state index in [9.17, 15) is 19.8 Å². The second kappa shape index (κ2) is 8.94. The van der Waals surface area contributed by atoms with E-state index in [4.69, 9.17) is 9.47 Å². The van der Waals surface area contributed by atoms with Crippen molar-refractivity contribution in [2.24, 2.45) is 22.7 Å². The zero-order valence-electron chi connectivity index (χ0n) is 20.4. The van der Waals surface area contributed by atoms with Gasteiger partial charge >= 0.3 is 11.9 Å². The van der Waals surface area contributed by atoms with Gasteiger partial charge in [0.2, 0.25) is 0 Å². The molecule has 32 heavy (non-hydrogen) atoms. The summed E-state index contributed by atoms with van der Waals surface area (Å²) in [4.78, 5) is 24.2. The van der Waals surface area contributed by atoms with Crippen LogP contribution in [0.25, 0.3) is 0 Å². The summed E-state index contributed by atoms with van der Waals surface area (Å²) in [5.41, 5.74) is 0.233. The first kappa shape index (κ1) is 25.0. The van der Waals surface area contributed by atoms with Crippen molar-refractivity contribution < 1.29 is 29.3 Å². The summed E-state index contributed by atoms with van der Waals surface area (Å²) in [6.45, 7) is 9.97. The average molecular weight is 449 g/mol. The molecule has 0 radical (unpaired) electrons. The Bertz CT molecular complexity index is 811. The predicted molar refractivity (Wildman–Crippen MR) is 122 cm³/mol. The molecule has 0 unspecified atom stereocenters. The Morgan fingerprint density at radius 3 is 2.59 bits per heavy atom. The van der Waals surface area contributed by atoms with E-state index in [2.05, 4.69) is 6.92 Å². The number of ether oxygens (including phenoxy) is 2. The van der Waals surface area contributed by atoms with Crippen molar-refractivity contribution in [2.45, 2.75) is 97.4 Å². The zero-order chi connectivity index (χ0) is 23.9. The number of aliphatic hydroxyl groups excluding tert-OH is 1. The number of carbonyl (C=O) groups excluding carboxylic acids is 2. The molecule has 0 spiro atoms. The number of methoxy groups -OCH3 is 1. The van der Waals surface area contributed by atoms with Crippen LogP contribution in [0.15, 0.2) is 23.3 Å². The monoisotopic (exact) mass is 448 g/mol. The van der Waals surface area contributed by atoms with Crippen LogP contribution in [0.2, 0.25) is 0 Å². The summed E-state index contributed by atoms with van der Waals surface area (Å²) in [6.07, 6.45) is 7.39. The van der Waals surface area contributed by atoms with Crippen LogP contribution in [-0.2, 0) is 19.1 Å². The molecule has 0 saturated heterocycles. The van der Waals surface area contributed by atoms with Crippen molar-refractivity contribution in [3.8, 4) is 0 Å². The van der Waals surface area contributed by atoms with Gasteiger partial charge in [-0.25, -0.2) is 4.79 Å². The topological polar surface area (TPSA) is 93.1 Å². The minimum atomic E-state index is -0.884. The summed E-state index contributed by atoms with van der Waals surface area (Å²) in [5.74, 6) is -0.352. The molecule has 180 valence electrons. The second-order valence-electron chi connectivity index (χ2n) is 11.1. The lowest BCUT2D eigenvalue weighted by Crippen LogP contribution is -2.59. The molecule has 3 rings (SSSR count). The highest BCUT2D eigenvalue weighted by Crippen LogP contribution is 2.63. The van der Waals surface area contributed by atoms with E-state index < -0.39 is 29.2 Å². The van der Waals surface area contributed by atoms with Gasteiger partial charge in [0.15, 0.2) is 6.10 Å². The van der Waals surface area contributed by atoms with Crippen LogP contribution >= 0.6 is 0 Å². The quantitative estimate of drug-likeness (QED) is 0.470. The first-order chi connectivity index (χ1) is 14.8. The molecule has 0 aromatic rings. The van der Waals surface area contributed by atoms with Gasteiger partial charge in [0.25, 0.3) is 0 Å². The summed E-state index contributed by atoms with van der Waals surface area (Å²) in [7, 11) is 1.47. The molecule has 1 heterocycles. The lowest BCUT2D eigenvalue weighted by Gasteiger charge is -2.61. The number of allylic oxidation sites excluding steroid dienone is 1. The molecular formula is C26H40O6. The van der Waals surface area contributed by atoms with Crippen molar-refractivity contribution in [3.63, 3.8) is 0 Å². The Morgan fingerprint density at radius 2 is 2.00 bits per heavy atom. The Balaban J connectivity index is 1.77. The molecule has 0 aromatic carbocycles. The highest BCUT2D eigenvalue weighted by molar-refractivity contribution is 5.85. The van der Waals surface area contributed by atoms with Crippen molar-refractivity contribution >= 4 is 11.9 Å². The highest BCUT2D eigenvalue weighted by atomic mass is 16.6. The van der Waals surface area contributed by atoms with Gasteiger partial charge in [0.1, 0.15) is 6.10 Å². The first-order valence-electron chi connectivity index (χ1n) is 11.9. The van der Waals surface area contributed by atoms with Gasteiger partial charge in [-0.2, -0.15) is 0 Å². The standard InChI is InChI=1S/C26H40O6/c1-16(14-18(27)22-17(2)15-21(28)32-22)8-9-20-24(3)11-7-12-25(4,23(29)31-6)19(24)10-13-26(20,5)30/h14-15,18-20,22,27,30H,7-13H2,1-6H3/b16-14+/t18-,19+,20+,22-,24-,25+,26+/m0/s1. The number of cyclic esters (lactones) is 1. The molecule has 2 saturated carbocycles. The van der Waals surface area contributed by atoms with Crippen LogP contribution < -0.4 is 0 Å². The average Bonchev–Trinajstić information content (AvgIpc) is 3.04. The fourth-order valence-electron chi connectivity index (χ4n) is 7.11. The van der Waals surface area contributed by atoms with E-state index in [1.807, 2.05) is 20.8 Å². The van der Waals surface area contributed by atoms with Crippen molar-refractivity contribution in [2.75, 3.05) is 7.11 Å². The van der Waals surface area contributed by atoms with Crippen LogP contribution in [0.1, 0.15) is 79.6 Å². The van der Waals surface area contributed by atoms with Gasteiger partial charge < -0.3 is 19.7 Å². The predicted octanol–water partition coefficient (Wildman–Crippen LogP) is 4.09. The molecule has 2 N–H and O–H groups in total. The third kappa shape index (κ3) is 4.41. The Labute approximate surface area is 192 Å². The minimum Gasteiger partial charge on any atom is -0.469 e. The molecule has 2 fully saturated rings. The molecular weight excluding hydrogens is 408 g/mol. The van der Waals surface area contributed by atoms with Gasteiger partial charge in [-0.1, -0.05) is 25.0 Å². The second-order valence-corrected chi connectivity index (χ2v) is 11.1. The largest absolute Gasteiger partial charge is 0.469 e. The third-order valence-corrected chi connectivity index (χ3v) is 8.74. The van der Waals surface area contributed by atoms with Gasteiger partial charge in [0.05, 0.1) is 18.1 Å². The summed E-state index contributed by atoms with van der Waals surface area (Å²) in [5, 5.41) is 21.9. The Morgan fingerprint density at radius 1 is 1.31 bits per heavy atom. The van der Waals surface area contributed by atoms with Crippen molar-refractivity contribution in [1.82, 2.24) is 0 Å². The van der Waals surface area contributed by atoms with E-state index in [1.165, 1.54) is 13.2 Å². The highest BCUT2D eigenvalue weighted by Gasteiger charge is 2.61. The molecule has 7 atom stereocenters. The van der Waals surface area contributed by atoms with E-state index in [-0.39, 0.29) is 23.2 Å². The third-order valence-electron chi connectivity index (χ3n) is 8.74. The molecule has 0 aromatic heterocycles. The van der Waals surface area contributed by atoms with E-state index in [0.717, 1.165) is 49.7 Å². The number of fused-ring (bicyclic) bond motifs is 1. The summed E-state index contributed by atoms with van der Waals surface area (Å²) in [6, 6.07) is 0. The molecule has 6 heteroatoms. The first-order valence-corrected chi connectivity index (χ1v) is 11.9. The summed E-state index contributed by atoms with van der Waals surface area (Å²) < 4.78 is 10.4. The van der Waals surface area contributed by atoms with Gasteiger partial charge in [-0.3, -0.25) is 4.79 Å². The maximum atomic E-state index is 12.8. The molecule has 2 aliphatic carbocycles. The van der Waals surface area contributed by atoms with E-state index >= 15 is 0 Å².